The molecule has 20 heavy (non-hydrogen) atoms. The second kappa shape index (κ2) is 5.86. The van der Waals surface area contributed by atoms with E-state index in [0.717, 1.165) is 40.9 Å². The van der Waals surface area contributed by atoms with Gasteiger partial charge in [0.25, 0.3) is 0 Å². The number of carboxylic acids is 1. The number of carboxylic acid groups (broad SMARTS) is 1. The van der Waals surface area contributed by atoms with E-state index in [0.29, 0.717) is 5.56 Å². The van der Waals surface area contributed by atoms with Crippen LogP contribution >= 0.6 is 15.9 Å². The van der Waals surface area contributed by atoms with Crippen LogP contribution in [0.5, 0.6) is 0 Å². The molecule has 0 aliphatic heterocycles. The zero-order chi connectivity index (χ0) is 14.1. The Morgan fingerprint density at radius 3 is 2.80 bits per heavy atom. The molecule has 0 radical (unpaired) electrons. The molecule has 2 N–H and O–H groups in total. The fourth-order valence-corrected chi connectivity index (χ4v) is 4.36. The first-order chi connectivity index (χ1) is 9.63. The van der Waals surface area contributed by atoms with Crippen LogP contribution in [-0.2, 0) is 6.54 Å². The van der Waals surface area contributed by atoms with Crippen LogP contribution in [0.1, 0.15) is 41.6 Å². The van der Waals surface area contributed by atoms with E-state index in [2.05, 4.69) is 21.2 Å². The van der Waals surface area contributed by atoms with Gasteiger partial charge in [-0.3, -0.25) is 0 Å². The summed E-state index contributed by atoms with van der Waals surface area (Å²) in [5, 5.41) is 12.5. The summed E-state index contributed by atoms with van der Waals surface area (Å²) in [5.74, 6) is 1.91. The Balaban J connectivity index is 1.52. The molecule has 1 aromatic carbocycles. The van der Waals surface area contributed by atoms with Gasteiger partial charge in [0, 0.05) is 11.0 Å². The summed E-state index contributed by atoms with van der Waals surface area (Å²) in [7, 11) is 0. The van der Waals surface area contributed by atoms with Crippen molar-refractivity contribution in [2.24, 2.45) is 17.8 Å². The molecule has 2 aliphatic carbocycles. The van der Waals surface area contributed by atoms with E-state index in [1.165, 1.54) is 25.7 Å². The fraction of sp³-hybridized carbons (Fsp3) is 0.562. The maximum Gasteiger partial charge on any atom is 0.335 e. The normalized spacial score (nSPS) is 27.9. The van der Waals surface area contributed by atoms with E-state index in [4.69, 9.17) is 5.11 Å². The van der Waals surface area contributed by atoms with Crippen LogP contribution in [0.3, 0.4) is 0 Å². The molecular weight excluding hydrogens is 318 g/mol. The molecule has 0 spiro atoms. The molecule has 3 nitrogen and oxygen atoms in total. The Bertz CT molecular complexity index is 517. The minimum Gasteiger partial charge on any atom is -0.478 e. The van der Waals surface area contributed by atoms with E-state index in [9.17, 15) is 4.79 Å². The number of hydrogen-bond donors (Lipinski definition) is 2. The van der Waals surface area contributed by atoms with Crippen LogP contribution in [0.15, 0.2) is 22.7 Å². The molecule has 0 saturated heterocycles. The highest BCUT2D eigenvalue weighted by Crippen LogP contribution is 2.47. The van der Waals surface area contributed by atoms with Gasteiger partial charge in [0.2, 0.25) is 0 Å². The number of hydrogen-bond acceptors (Lipinski definition) is 2. The monoisotopic (exact) mass is 337 g/mol. The third kappa shape index (κ3) is 2.91. The lowest BCUT2D eigenvalue weighted by atomic mass is 9.89. The van der Waals surface area contributed by atoms with E-state index in [1.807, 2.05) is 6.07 Å². The molecule has 1 aromatic rings. The first-order valence-electron chi connectivity index (χ1n) is 7.36. The first-order valence-corrected chi connectivity index (χ1v) is 8.15. The Hall–Kier alpha value is -0.870. The number of fused-ring (bicyclic) bond motifs is 2. The molecule has 0 heterocycles. The molecule has 2 saturated carbocycles. The highest BCUT2D eigenvalue weighted by molar-refractivity contribution is 9.10. The van der Waals surface area contributed by atoms with Gasteiger partial charge in [-0.15, -0.1) is 0 Å². The quantitative estimate of drug-likeness (QED) is 0.861. The number of carbonyl (C=O) groups is 1. The zero-order valence-electron chi connectivity index (χ0n) is 11.4. The van der Waals surface area contributed by atoms with E-state index in [-0.39, 0.29) is 0 Å². The lowest BCUT2D eigenvalue weighted by Crippen LogP contribution is -2.26. The first kappa shape index (κ1) is 14.1. The molecule has 3 rings (SSSR count). The summed E-state index contributed by atoms with van der Waals surface area (Å²) in [6, 6.07) is 5.24. The molecule has 0 amide bonds. The molecule has 2 aliphatic rings. The number of benzene rings is 1. The topological polar surface area (TPSA) is 49.3 Å². The van der Waals surface area contributed by atoms with Gasteiger partial charge < -0.3 is 10.4 Å². The summed E-state index contributed by atoms with van der Waals surface area (Å²) < 4.78 is 0.873. The van der Waals surface area contributed by atoms with Crippen molar-refractivity contribution in [1.82, 2.24) is 5.32 Å². The average Bonchev–Trinajstić information content (AvgIpc) is 3.02. The van der Waals surface area contributed by atoms with Gasteiger partial charge >= 0.3 is 5.97 Å². The average molecular weight is 338 g/mol. The van der Waals surface area contributed by atoms with Crippen LogP contribution in [-0.4, -0.2) is 17.6 Å². The standard InChI is InChI=1S/C16H20BrNO2/c17-15-7-12(16(19)20)3-4-13(15)8-18-9-14-6-10-1-2-11(14)5-10/h3-4,7,10-11,14,18H,1-2,5-6,8-9H2,(H,19,20). The maximum atomic E-state index is 10.9. The van der Waals surface area contributed by atoms with Crippen molar-refractivity contribution < 1.29 is 9.90 Å². The van der Waals surface area contributed by atoms with Crippen LogP contribution in [0, 0.1) is 17.8 Å². The SMILES string of the molecule is O=C(O)c1ccc(CNCC2CC3CCC2C3)c(Br)c1. The minimum absolute atomic E-state index is 0.328. The fourth-order valence-electron chi connectivity index (χ4n) is 3.84. The van der Waals surface area contributed by atoms with Crippen LogP contribution in [0.4, 0.5) is 0 Å². The lowest BCUT2D eigenvalue weighted by molar-refractivity contribution is 0.0697. The zero-order valence-corrected chi connectivity index (χ0v) is 13.0. The molecule has 2 fully saturated rings. The second-order valence-electron chi connectivity index (χ2n) is 6.18. The summed E-state index contributed by atoms with van der Waals surface area (Å²) in [5.41, 5.74) is 1.45. The van der Waals surface area contributed by atoms with Gasteiger partial charge in [0.05, 0.1) is 5.56 Å². The smallest absolute Gasteiger partial charge is 0.335 e. The van der Waals surface area contributed by atoms with Crippen LogP contribution in [0.25, 0.3) is 0 Å². The van der Waals surface area contributed by atoms with E-state index < -0.39 is 5.97 Å². The lowest BCUT2D eigenvalue weighted by Gasteiger charge is -2.22. The van der Waals surface area contributed by atoms with E-state index >= 15 is 0 Å². The summed E-state index contributed by atoms with van der Waals surface area (Å²) in [6.07, 6.45) is 5.72. The Morgan fingerprint density at radius 2 is 2.20 bits per heavy atom. The van der Waals surface area contributed by atoms with Crippen LogP contribution < -0.4 is 5.32 Å². The molecule has 4 heteroatoms. The second-order valence-corrected chi connectivity index (χ2v) is 7.03. The molecular formula is C16H20BrNO2. The summed E-state index contributed by atoms with van der Waals surface area (Å²) >= 11 is 3.46. The molecule has 3 atom stereocenters. The van der Waals surface area contributed by atoms with Crippen molar-refractivity contribution in [3.63, 3.8) is 0 Å². The predicted octanol–water partition coefficient (Wildman–Crippen LogP) is 3.67. The third-order valence-corrected chi connectivity index (χ3v) is 5.64. The van der Waals surface area contributed by atoms with E-state index in [1.54, 1.807) is 12.1 Å². The largest absolute Gasteiger partial charge is 0.478 e. The van der Waals surface area contributed by atoms with Gasteiger partial charge in [0.15, 0.2) is 0 Å². The summed E-state index contributed by atoms with van der Waals surface area (Å²) in [6.45, 7) is 1.89. The van der Waals surface area contributed by atoms with Gasteiger partial charge in [-0.2, -0.15) is 0 Å². The highest BCUT2D eigenvalue weighted by atomic mass is 79.9. The Morgan fingerprint density at radius 1 is 1.35 bits per heavy atom. The molecule has 2 bridgehead atoms. The number of aromatic carboxylic acids is 1. The van der Waals surface area contributed by atoms with Crippen molar-refractivity contribution in [3.05, 3.63) is 33.8 Å². The van der Waals surface area contributed by atoms with Crippen molar-refractivity contribution >= 4 is 21.9 Å². The third-order valence-electron chi connectivity index (χ3n) is 4.91. The number of nitrogens with one attached hydrogen (secondary N) is 1. The number of rotatable bonds is 5. The van der Waals surface area contributed by atoms with Crippen molar-refractivity contribution in [2.75, 3.05) is 6.54 Å². The molecule has 3 unspecified atom stereocenters. The predicted molar refractivity (Wildman–Crippen MR) is 81.7 cm³/mol. The Labute approximate surface area is 127 Å². The molecule has 108 valence electrons. The van der Waals surface area contributed by atoms with Crippen LogP contribution in [0.2, 0.25) is 0 Å². The van der Waals surface area contributed by atoms with Gasteiger partial charge in [0.1, 0.15) is 0 Å². The minimum atomic E-state index is -0.882. The highest BCUT2D eigenvalue weighted by Gasteiger charge is 2.38. The van der Waals surface area contributed by atoms with Gasteiger partial charge in [-0.1, -0.05) is 28.4 Å². The van der Waals surface area contributed by atoms with Crippen molar-refractivity contribution in [2.45, 2.75) is 32.2 Å². The Kier molecular flexibility index (Phi) is 4.13. The van der Waals surface area contributed by atoms with Gasteiger partial charge in [-0.05, 0) is 61.3 Å². The maximum absolute atomic E-state index is 10.9. The summed E-state index contributed by atoms with van der Waals surface area (Å²) in [4.78, 5) is 10.9. The van der Waals surface area contributed by atoms with Crippen molar-refractivity contribution in [1.29, 1.82) is 0 Å². The molecule has 0 aromatic heterocycles. The van der Waals surface area contributed by atoms with Gasteiger partial charge in [-0.25, -0.2) is 4.79 Å². The number of halogens is 1. The van der Waals surface area contributed by atoms with Crippen molar-refractivity contribution in [3.8, 4) is 0 Å².